The van der Waals surface area contributed by atoms with Gasteiger partial charge in [0.25, 0.3) is 0 Å². The van der Waals surface area contributed by atoms with E-state index in [1.54, 1.807) is 18.5 Å². The third-order valence-electron chi connectivity index (χ3n) is 2.77. The highest BCUT2D eigenvalue weighted by Crippen LogP contribution is 2.28. The van der Waals surface area contributed by atoms with E-state index < -0.39 is 0 Å². The molecular weight excluding hydrogens is 284 g/mol. The first kappa shape index (κ1) is 14.8. The third-order valence-corrected chi connectivity index (χ3v) is 2.77. The average Bonchev–Trinajstić information content (AvgIpc) is 2.55. The number of rotatable bonds is 3. The Bertz CT molecular complexity index is 715. The number of benzene rings is 1. The first-order chi connectivity index (χ1) is 9.93. The predicted molar refractivity (Wildman–Crippen MR) is 85.3 cm³/mol. The van der Waals surface area contributed by atoms with Gasteiger partial charge in [-0.25, -0.2) is 9.97 Å². The van der Waals surface area contributed by atoms with Crippen LogP contribution >= 0.6 is 12.4 Å². The van der Waals surface area contributed by atoms with E-state index in [1.165, 1.54) is 0 Å². The molecule has 0 bridgehead atoms. The van der Waals surface area contributed by atoms with Crippen molar-refractivity contribution >= 4 is 24.0 Å². The van der Waals surface area contributed by atoms with Gasteiger partial charge < -0.3 is 0 Å². The molecule has 5 heteroatoms. The van der Waals surface area contributed by atoms with Crippen LogP contribution in [0.4, 0.5) is 11.6 Å². The maximum Gasteiger partial charge on any atom is 0.182 e. The highest BCUT2D eigenvalue weighted by Gasteiger charge is 2.04. The van der Waals surface area contributed by atoms with Crippen LogP contribution in [0.25, 0.3) is 11.1 Å². The van der Waals surface area contributed by atoms with Gasteiger partial charge in [-0.2, -0.15) is 0 Å². The number of pyridine rings is 2. The van der Waals surface area contributed by atoms with Crippen molar-refractivity contribution in [3.8, 4) is 11.1 Å². The van der Waals surface area contributed by atoms with Crippen LogP contribution in [0.15, 0.2) is 83.3 Å². The molecule has 0 aliphatic carbocycles. The van der Waals surface area contributed by atoms with Crippen LogP contribution in [0.1, 0.15) is 0 Å². The van der Waals surface area contributed by atoms with Crippen LogP contribution in [0.3, 0.4) is 0 Å². The molecule has 0 aliphatic heterocycles. The topological polar surface area (TPSA) is 50.5 Å². The molecule has 0 atom stereocenters. The minimum atomic E-state index is 0. The average molecular weight is 297 g/mol. The molecule has 0 N–H and O–H groups in total. The number of aromatic nitrogens is 2. The van der Waals surface area contributed by atoms with E-state index in [4.69, 9.17) is 0 Å². The highest BCUT2D eigenvalue weighted by atomic mass is 35.5. The molecule has 0 saturated heterocycles. The molecule has 0 unspecified atom stereocenters. The third kappa shape index (κ3) is 3.70. The lowest BCUT2D eigenvalue weighted by molar-refractivity contribution is 1.11. The van der Waals surface area contributed by atoms with Crippen molar-refractivity contribution in [2.24, 2.45) is 10.2 Å². The number of hydrogen-bond donors (Lipinski definition) is 0. The summed E-state index contributed by atoms with van der Waals surface area (Å²) in [4.78, 5) is 8.39. The number of nitrogens with zero attached hydrogens (tertiary/aromatic N) is 4. The summed E-state index contributed by atoms with van der Waals surface area (Å²) in [6, 6.07) is 19.4. The molecule has 21 heavy (non-hydrogen) atoms. The minimum absolute atomic E-state index is 0. The van der Waals surface area contributed by atoms with Crippen LogP contribution in [-0.2, 0) is 0 Å². The number of hydrogen-bond acceptors (Lipinski definition) is 4. The lowest BCUT2D eigenvalue weighted by Crippen LogP contribution is -1.81. The Labute approximate surface area is 129 Å². The quantitative estimate of drug-likeness (QED) is 0.640. The SMILES string of the molecule is Cl.c1ccc(-c2cccnc2N=Nc2ccccn2)cc1. The largest absolute Gasteiger partial charge is 0.236 e. The maximum atomic E-state index is 4.28. The van der Waals surface area contributed by atoms with Crippen molar-refractivity contribution < 1.29 is 0 Å². The van der Waals surface area contributed by atoms with Gasteiger partial charge in [-0.3, -0.25) is 0 Å². The first-order valence-corrected chi connectivity index (χ1v) is 6.27. The van der Waals surface area contributed by atoms with Crippen LogP contribution in [0, 0.1) is 0 Å². The second-order valence-corrected chi connectivity index (χ2v) is 4.13. The van der Waals surface area contributed by atoms with Gasteiger partial charge in [-0.05, 0) is 29.8 Å². The maximum absolute atomic E-state index is 4.28. The van der Waals surface area contributed by atoms with Crippen LogP contribution in [0.5, 0.6) is 0 Å². The highest BCUT2D eigenvalue weighted by molar-refractivity contribution is 5.85. The molecule has 0 spiro atoms. The molecule has 2 aromatic heterocycles. The monoisotopic (exact) mass is 296 g/mol. The van der Waals surface area contributed by atoms with E-state index in [0.29, 0.717) is 11.6 Å². The molecule has 0 fully saturated rings. The second-order valence-electron chi connectivity index (χ2n) is 4.13. The molecule has 2 heterocycles. The molecule has 3 rings (SSSR count). The molecule has 104 valence electrons. The standard InChI is InChI=1S/C16H12N4.ClH/c1-2-7-13(8-3-1)14-9-6-12-18-16(14)20-19-15-10-4-5-11-17-15;/h1-12H;1H. The summed E-state index contributed by atoms with van der Waals surface area (Å²) < 4.78 is 0. The summed E-state index contributed by atoms with van der Waals surface area (Å²) in [6.45, 7) is 0. The summed E-state index contributed by atoms with van der Waals surface area (Å²) in [6.07, 6.45) is 3.39. The van der Waals surface area contributed by atoms with Gasteiger partial charge in [0.2, 0.25) is 0 Å². The predicted octanol–water partition coefficient (Wildman–Crippen LogP) is 4.98. The van der Waals surface area contributed by atoms with Crippen molar-refractivity contribution in [1.82, 2.24) is 9.97 Å². The molecule has 0 saturated carbocycles. The van der Waals surface area contributed by atoms with Crippen molar-refractivity contribution in [2.75, 3.05) is 0 Å². The van der Waals surface area contributed by atoms with Crippen LogP contribution in [0.2, 0.25) is 0 Å². The summed E-state index contributed by atoms with van der Waals surface area (Å²) in [5, 5.41) is 8.32. The van der Waals surface area contributed by atoms with Gasteiger partial charge in [0, 0.05) is 18.0 Å². The van der Waals surface area contributed by atoms with Crippen molar-refractivity contribution in [2.45, 2.75) is 0 Å². The van der Waals surface area contributed by atoms with E-state index in [9.17, 15) is 0 Å². The normalized spacial score (nSPS) is 10.3. The van der Waals surface area contributed by atoms with E-state index >= 15 is 0 Å². The van der Waals surface area contributed by atoms with Crippen LogP contribution < -0.4 is 0 Å². The van der Waals surface area contributed by atoms with Gasteiger partial charge in [0.05, 0.1) is 0 Å². The van der Waals surface area contributed by atoms with E-state index in [0.717, 1.165) is 11.1 Å². The smallest absolute Gasteiger partial charge is 0.182 e. The minimum Gasteiger partial charge on any atom is -0.236 e. The van der Waals surface area contributed by atoms with Crippen molar-refractivity contribution in [3.63, 3.8) is 0 Å². The zero-order chi connectivity index (χ0) is 13.6. The summed E-state index contributed by atoms with van der Waals surface area (Å²) in [5.74, 6) is 1.15. The number of halogens is 1. The van der Waals surface area contributed by atoms with Gasteiger partial charge in [-0.1, -0.05) is 36.4 Å². The van der Waals surface area contributed by atoms with E-state index in [1.807, 2.05) is 54.6 Å². The molecular formula is C16H13ClN4. The Morgan fingerprint density at radius 1 is 0.667 bits per heavy atom. The Hall–Kier alpha value is -2.59. The Morgan fingerprint density at radius 2 is 1.43 bits per heavy atom. The molecule has 0 radical (unpaired) electrons. The first-order valence-electron chi connectivity index (χ1n) is 6.27. The lowest BCUT2D eigenvalue weighted by atomic mass is 10.1. The van der Waals surface area contributed by atoms with Gasteiger partial charge in [-0.15, -0.1) is 22.6 Å². The zero-order valence-electron chi connectivity index (χ0n) is 11.1. The van der Waals surface area contributed by atoms with E-state index in [2.05, 4.69) is 20.2 Å². The number of azo groups is 1. The molecule has 0 amide bonds. The Balaban J connectivity index is 0.00000161. The lowest BCUT2D eigenvalue weighted by Gasteiger charge is -2.03. The Morgan fingerprint density at radius 3 is 2.19 bits per heavy atom. The molecule has 1 aromatic carbocycles. The van der Waals surface area contributed by atoms with Gasteiger partial charge in [0.15, 0.2) is 11.6 Å². The summed E-state index contributed by atoms with van der Waals surface area (Å²) in [5.41, 5.74) is 2.02. The molecule has 3 aromatic rings. The van der Waals surface area contributed by atoms with Crippen molar-refractivity contribution in [1.29, 1.82) is 0 Å². The van der Waals surface area contributed by atoms with Gasteiger partial charge >= 0.3 is 0 Å². The fourth-order valence-corrected chi connectivity index (χ4v) is 1.83. The molecule has 4 nitrogen and oxygen atoms in total. The summed E-state index contributed by atoms with van der Waals surface area (Å²) in [7, 11) is 0. The van der Waals surface area contributed by atoms with Crippen LogP contribution in [-0.4, -0.2) is 9.97 Å². The van der Waals surface area contributed by atoms with Crippen molar-refractivity contribution in [3.05, 3.63) is 73.1 Å². The second kappa shape index (κ2) is 7.26. The Kier molecular flexibility index (Phi) is 5.12. The zero-order valence-corrected chi connectivity index (χ0v) is 11.9. The summed E-state index contributed by atoms with van der Waals surface area (Å²) >= 11 is 0. The molecule has 0 aliphatic rings. The van der Waals surface area contributed by atoms with E-state index in [-0.39, 0.29) is 12.4 Å². The fraction of sp³-hybridized carbons (Fsp3) is 0. The fourth-order valence-electron chi connectivity index (χ4n) is 1.83. The van der Waals surface area contributed by atoms with Gasteiger partial charge in [0.1, 0.15) is 0 Å².